The summed E-state index contributed by atoms with van der Waals surface area (Å²) in [6.07, 6.45) is 6.02. The minimum Gasteiger partial charge on any atom is -0.466 e. The van der Waals surface area contributed by atoms with E-state index in [1.807, 2.05) is 56.3 Å². The van der Waals surface area contributed by atoms with Gasteiger partial charge in [0.05, 0.1) is 12.0 Å². The SMILES string of the molecule is CCOC(=O)C1(CC=Cc2ccccc2)CCCN(C(=O)c2cc(C)[nH]n2)C1. The summed E-state index contributed by atoms with van der Waals surface area (Å²) in [5.74, 6) is -0.381. The van der Waals surface area contributed by atoms with Crippen LogP contribution in [0.5, 0.6) is 0 Å². The number of amides is 1. The molecule has 1 aromatic heterocycles. The predicted octanol–water partition coefficient (Wildman–Crippen LogP) is 3.61. The van der Waals surface area contributed by atoms with E-state index in [-0.39, 0.29) is 11.9 Å². The van der Waals surface area contributed by atoms with Crippen LogP contribution in [0.2, 0.25) is 0 Å². The normalized spacial score (nSPS) is 19.7. The van der Waals surface area contributed by atoms with Crippen LogP contribution in [0, 0.1) is 12.3 Å². The first-order valence-corrected chi connectivity index (χ1v) is 9.74. The molecule has 6 heteroatoms. The van der Waals surface area contributed by atoms with E-state index >= 15 is 0 Å². The van der Waals surface area contributed by atoms with Crippen LogP contribution in [0.4, 0.5) is 0 Å². The first kappa shape index (κ1) is 19.9. The van der Waals surface area contributed by atoms with Gasteiger partial charge in [-0.25, -0.2) is 0 Å². The second-order valence-electron chi connectivity index (χ2n) is 7.28. The lowest BCUT2D eigenvalue weighted by Crippen LogP contribution is -2.50. The molecule has 6 nitrogen and oxygen atoms in total. The van der Waals surface area contributed by atoms with E-state index in [1.54, 1.807) is 11.0 Å². The number of rotatable bonds is 6. The summed E-state index contributed by atoms with van der Waals surface area (Å²) in [5.41, 5.74) is 1.58. The van der Waals surface area contributed by atoms with Crippen molar-refractivity contribution in [2.24, 2.45) is 5.41 Å². The van der Waals surface area contributed by atoms with Gasteiger partial charge in [-0.1, -0.05) is 42.5 Å². The van der Waals surface area contributed by atoms with Gasteiger partial charge in [-0.3, -0.25) is 14.7 Å². The molecule has 28 heavy (non-hydrogen) atoms. The number of hydrogen-bond acceptors (Lipinski definition) is 4. The minimum atomic E-state index is -0.722. The van der Waals surface area contributed by atoms with Crippen LogP contribution in [-0.2, 0) is 9.53 Å². The van der Waals surface area contributed by atoms with Crippen molar-refractivity contribution in [3.8, 4) is 0 Å². The van der Waals surface area contributed by atoms with Gasteiger partial charge in [-0.15, -0.1) is 0 Å². The lowest BCUT2D eigenvalue weighted by Gasteiger charge is -2.40. The Hall–Kier alpha value is -2.89. The predicted molar refractivity (Wildman–Crippen MR) is 108 cm³/mol. The molecular weight excluding hydrogens is 354 g/mol. The van der Waals surface area contributed by atoms with Gasteiger partial charge >= 0.3 is 5.97 Å². The number of carbonyl (C=O) groups is 2. The van der Waals surface area contributed by atoms with Crippen molar-refractivity contribution in [2.45, 2.75) is 33.1 Å². The summed E-state index contributed by atoms with van der Waals surface area (Å²) in [6, 6.07) is 11.7. The van der Waals surface area contributed by atoms with E-state index in [9.17, 15) is 9.59 Å². The van der Waals surface area contributed by atoms with Crippen LogP contribution in [0.3, 0.4) is 0 Å². The number of piperidine rings is 1. The van der Waals surface area contributed by atoms with Gasteiger partial charge in [0, 0.05) is 18.8 Å². The van der Waals surface area contributed by atoms with E-state index in [1.165, 1.54) is 0 Å². The fraction of sp³-hybridized carbons (Fsp3) is 0.409. The molecule has 0 saturated carbocycles. The molecule has 0 bridgehead atoms. The van der Waals surface area contributed by atoms with Crippen LogP contribution in [0.25, 0.3) is 6.08 Å². The summed E-state index contributed by atoms with van der Waals surface area (Å²) in [7, 11) is 0. The molecule has 1 atom stereocenters. The van der Waals surface area contributed by atoms with Crippen molar-refractivity contribution >= 4 is 18.0 Å². The van der Waals surface area contributed by atoms with E-state index in [0.29, 0.717) is 38.2 Å². The summed E-state index contributed by atoms with van der Waals surface area (Å²) in [6.45, 7) is 4.96. The summed E-state index contributed by atoms with van der Waals surface area (Å²) >= 11 is 0. The standard InChI is InChI=1S/C22H27N3O3/c1-3-28-21(27)22(12-7-11-18-9-5-4-6-10-18)13-8-14-25(16-22)20(26)19-15-17(2)23-24-19/h4-7,9-11,15H,3,8,12-14,16H2,1-2H3,(H,23,24). The lowest BCUT2D eigenvalue weighted by molar-refractivity contribution is -0.158. The maximum absolute atomic E-state index is 12.9. The molecule has 0 radical (unpaired) electrons. The molecule has 1 saturated heterocycles. The number of benzene rings is 1. The number of aromatic nitrogens is 2. The maximum Gasteiger partial charge on any atom is 0.314 e. The molecule has 1 unspecified atom stereocenters. The second kappa shape index (κ2) is 8.87. The van der Waals surface area contributed by atoms with Gasteiger partial charge in [0.1, 0.15) is 5.69 Å². The molecule has 1 fully saturated rings. The number of ether oxygens (including phenoxy) is 1. The van der Waals surface area contributed by atoms with Gasteiger partial charge < -0.3 is 9.64 Å². The average molecular weight is 381 g/mol. The van der Waals surface area contributed by atoms with Crippen LogP contribution >= 0.6 is 0 Å². The van der Waals surface area contributed by atoms with E-state index in [0.717, 1.165) is 17.7 Å². The molecule has 0 spiro atoms. The number of carbonyl (C=O) groups excluding carboxylic acids is 2. The molecule has 1 aromatic carbocycles. The Kier molecular flexibility index (Phi) is 6.29. The molecule has 1 aliphatic rings. The Morgan fingerprint density at radius 1 is 1.32 bits per heavy atom. The zero-order chi connectivity index (χ0) is 20.0. The quantitative estimate of drug-likeness (QED) is 0.776. The van der Waals surface area contributed by atoms with Crippen molar-refractivity contribution in [1.29, 1.82) is 0 Å². The number of nitrogens with one attached hydrogen (secondary N) is 1. The van der Waals surface area contributed by atoms with Crippen LogP contribution in [-0.4, -0.2) is 46.7 Å². The van der Waals surface area contributed by atoms with E-state index in [2.05, 4.69) is 10.2 Å². The zero-order valence-corrected chi connectivity index (χ0v) is 16.5. The average Bonchev–Trinajstić information content (AvgIpc) is 3.15. The monoisotopic (exact) mass is 381 g/mol. The molecule has 1 amide bonds. The van der Waals surface area contributed by atoms with Crippen LogP contribution in [0.1, 0.15) is 47.9 Å². The minimum absolute atomic E-state index is 0.148. The molecular formula is C22H27N3O3. The van der Waals surface area contributed by atoms with E-state index in [4.69, 9.17) is 4.74 Å². The number of allylic oxidation sites excluding steroid dienone is 1. The number of nitrogens with zero attached hydrogens (tertiary/aromatic N) is 2. The number of H-pyrrole nitrogens is 1. The third-order valence-corrected chi connectivity index (χ3v) is 5.12. The van der Waals surface area contributed by atoms with Gasteiger partial charge in [-0.2, -0.15) is 5.10 Å². The third kappa shape index (κ3) is 4.50. The van der Waals surface area contributed by atoms with Gasteiger partial charge in [-0.05, 0) is 44.7 Å². The van der Waals surface area contributed by atoms with Crippen molar-refractivity contribution in [2.75, 3.05) is 19.7 Å². The summed E-state index contributed by atoms with van der Waals surface area (Å²) in [5, 5.41) is 6.88. The number of esters is 1. The number of aromatic amines is 1. The Morgan fingerprint density at radius 3 is 2.79 bits per heavy atom. The van der Waals surface area contributed by atoms with Crippen molar-refractivity contribution in [3.05, 3.63) is 59.4 Å². The van der Waals surface area contributed by atoms with Crippen molar-refractivity contribution in [1.82, 2.24) is 15.1 Å². The highest BCUT2D eigenvalue weighted by Crippen LogP contribution is 2.36. The number of aryl methyl sites for hydroxylation is 1. The Labute approximate surface area is 165 Å². The molecule has 0 aliphatic carbocycles. The first-order valence-electron chi connectivity index (χ1n) is 9.74. The lowest BCUT2D eigenvalue weighted by atomic mass is 9.76. The zero-order valence-electron chi connectivity index (χ0n) is 16.5. The van der Waals surface area contributed by atoms with Gasteiger partial charge in [0.15, 0.2) is 0 Å². The Morgan fingerprint density at radius 2 is 2.11 bits per heavy atom. The number of hydrogen-bond donors (Lipinski definition) is 1. The largest absolute Gasteiger partial charge is 0.466 e. The molecule has 2 heterocycles. The molecule has 148 valence electrons. The van der Waals surface area contributed by atoms with E-state index < -0.39 is 5.41 Å². The molecule has 1 N–H and O–H groups in total. The maximum atomic E-state index is 12.9. The Bertz CT molecular complexity index is 844. The van der Waals surface area contributed by atoms with Crippen LogP contribution < -0.4 is 0 Å². The third-order valence-electron chi connectivity index (χ3n) is 5.12. The molecule has 3 rings (SSSR count). The van der Waals surface area contributed by atoms with Gasteiger partial charge in [0.2, 0.25) is 0 Å². The summed E-state index contributed by atoms with van der Waals surface area (Å²) < 4.78 is 5.39. The van der Waals surface area contributed by atoms with Gasteiger partial charge in [0.25, 0.3) is 5.91 Å². The highest BCUT2D eigenvalue weighted by Gasteiger charge is 2.44. The molecule has 1 aliphatic heterocycles. The second-order valence-corrected chi connectivity index (χ2v) is 7.28. The summed E-state index contributed by atoms with van der Waals surface area (Å²) in [4.78, 5) is 27.4. The smallest absolute Gasteiger partial charge is 0.314 e. The fourth-order valence-corrected chi connectivity index (χ4v) is 3.68. The van der Waals surface area contributed by atoms with Crippen LogP contribution in [0.15, 0.2) is 42.5 Å². The topological polar surface area (TPSA) is 75.3 Å². The van der Waals surface area contributed by atoms with Crippen molar-refractivity contribution < 1.29 is 14.3 Å². The molecule has 2 aromatic rings. The highest BCUT2D eigenvalue weighted by atomic mass is 16.5. The Balaban J connectivity index is 1.79. The van der Waals surface area contributed by atoms with Crippen molar-refractivity contribution in [3.63, 3.8) is 0 Å². The first-order chi connectivity index (χ1) is 13.5. The highest BCUT2D eigenvalue weighted by molar-refractivity contribution is 5.93. The number of likely N-dealkylation sites (tertiary alicyclic amines) is 1. The fourth-order valence-electron chi connectivity index (χ4n) is 3.68.